The van der Waals surface area contributed by atoms with Gasteiger partial charge in [0.25, 0.3) is 0 Å². The Balaban J connectivity index is 2.14. The maximum Gasteiger partial charge on any atom is 0.176 e. The third-order valence-electron chi connectivity index (χ3n) is 3.42. The molecule has 0 radical (unpaired) electrons. The van der Waals surface area contributed by atoms with Gasteiger partial charge < -0.3 is 19.0 Å². The van der Waals surface area contributed by atoms with Gasteiger partial charge in [0.2, 0.25) is 0 Å². The van der Waals surface area contributed by atoms with Gasteiger partial charge in [-0.3, -0.25) is 4.79 Å². The lowest BCUT2D eigenvalue weighted by molar-refractivity contribution is 0.112. The molecule has 2 aromatic carbocycles. The van der Waals surface area contributed by atoms with Crippen molar-refractivity contribution in [2.45, 2.75) is 0 Å². The summed E-state index contributed by atoms with van der Waals surface area (Å²) >= 11 is 0. The number of phenolic OH excluding ortho intramolecular Hbond substituents is 1. The fourth-order valence-electron chi connectivity index (χ4n) is 2.36. The Labute approximate surface area is 126 Å². The van der Waals surface area contributed by atoms with Gasteiger partial charge in [0.15, 0.2) is 22.8 Å². The Hall–Kier alpha value is -2.95. The standard InChI is InChI=1S/C17H14O5/c1-20-14-4-3-11(7-16(14)21-2)15-8-12-5-10(9-18)6-13(19)17(12)22-15/h3-9,19H,1-2H3. The van der Waals surface area contributed by atoms with Crippen molar-refractivity contribution in [1.82, 2.24) is 0 Å². The van der Waals surface area contributed by atoms with Crippen molar-refractivity contribution in [3.63, 3.8) is 0 Å². The van der Waals surface area contributed by atoms with Crippen LogP contribution in [-0.2, 0) is 0 Å². The summed E-state index contributed by atoms with van der Waals surface area (Å²) in [6.07, 6.45) is 0.683. The molecular weight excluding hydrogens is 284 g/mol. The minimum absolute atomic E-state index is 0.0636. The van der Waals surface area contributed by atoms with Crippen molar-refractivity contribution in [2.24, 2.45) is 0 Å². The number of furan rings is 1. The van der Waals surface area contributed by atoms with Crippen LogP contribution in [0.2, 0.25) is 0 Å². The Morgan fingerprint density at radius 1 is 1.05 bits per heavy atom. The van der Waals surface area contributed by atoms with Crippen molar-refractivity contribution < 1.29 is 23.8 Å². The normalized spacial score (nSPS) is 10.6. The van der Waals surface area contributed by atoms with E-state index in [1.165, 1.54) is 6.07 Å². The molecule has 1 N–H and O–H groups in total. The van der Waals surface area contributed by atoms with Crippen molar-refractivity contribution >= 4 is 17.3 Å². The van der Waals surface area contributed by atoms with Gasteiger partial charge in [-0.2, -0.15) is 0 Å². The lowest BCUT2D eigenvalue weighted by atomic mass is 10.1. The average molecular weight is 298 g/mol. The van der Waals surface area contributed by atoms with E-state index in [4.69, 9.17) is 13.9 Å². The van der Waals surface area contributed by atoms with Gasteiger partial charge >= 0.3 is 0 Å². The molecule has 1 aromatic heterocycles. The van der Waals surface area contributed by atoms with Gasteiger partial charge in [0, 0.05) is 16.5 Å². The first kappa shape index (κ1) is 14.0. The van der Waals surface area contributed by atoms with E-state index < -0.39 is 0 Å². The highest BCUT2D eigenvalue weighted by Gasteiger charge is 2.13. The van der Waals surface area contributed by atoms with Gasteiger partial charge in [0.05, 0.1) is 14.2 Å². The number of hydrogen-bond acceptors (Lipinski definition) is 5. The van der Waals surface area contributed by atoms with E-state index in [9.17, 15) is 9.90 Å². The summed E-state index contributed by atoms with van der Waals surface area (Å²) in [5.41, 5.74) is 1.51. The first-order chi connectivity index (χ1) is 10.7. The minimum Gasteiger partial charge on any atom is -0.504 e. The molecule has 5 nitrogen and oxygen atoms in total. The molecule has 0 bridgehead atoms. The van der Waals surface area contributed by atoms with Gasteiger partial charge in [-0.1, -0.05) is 0 Å². The van der Waals surface area contributed by atoms with Crippen LogP contribution in [0.15, 0.2) is 40.8 Å². The van der Waals surface area contributed by atoms with Crippen molar-refractivity contribution in [3.8, 4) is 28.6 Å². The molecule has 0 atom stereocenters. The van der Waals surface area contributed by atoms with Gasteiger partial charge in [-0.05, 0) is 36.4 Å². The molecule has 112 valence electrons. The number of fused-ring (bicyclic) bond motifs is 1. The first-order valence-electron chi connectivity index (χ1n) is 6.60. The molecule has 0 saturated carbocycles. The number of hydrogen-bond donors (Lipinski definition) is 1. The fourth-order valence-corrected chi connectivity index (χ4v) is 2.36. The van der Waals surface area contributed by atoms with Crippen LogP contribution in [0.25, 0.3) is 22.3 Å². The van der Waals surface area contributed by atoms with E-state index in [-0.39, 0.29) is 5.75 Å². The van der Waals surface area contributed by atoms with Crippen LogP contribution in [0, 0.1) is 0 Å². The van der Waals surface area contributed by atoms with Gasteiger partial charge in [-0.15, -0.1) is 0 Å². The molecule has 3 aromatic rings. The fraction of sp³-hybridized carbons (Fsp3) is 0.118. The Morgan fingerprint density at radius 2 is 1.82 bits per heavy atom. The smallest absolute Gasteiger partial charge is 0.176 e. The highest BCUT2D eigenvalue weighted by atomic mass is 16.5. The molecule has 5 heteroatoms. The second-order valence-corrected chi connectivity index (χ2v) is 4.76. The Bertz CT molecular complexity index is 848. The Kier molecular flexibility index (Phi) is 3.47. The molecule has 0 fully saturated rings. The van der Waals surface area contributed by atoms with Crippen LogP contribution < -0.4 is 9.47 Å². The third-order valence-corrected chi connectivity index (χ3v) is 3.42. The summed E-state index contributed by atoms with van der Waals surface area (Å²) in [7, 11) is 3.13. The van der Waals surface area contributed by atoms with E-state index in [0.29, 0.717) is 40.1 Å². The zero-order valence-electron chi connectivity index (χ0n) is 12.1. The van der Waals surface area contributed by atoms with Crippen molar-refractivity contribution in [2.75, 3.05) is 14.2 Å². The lowest BCUT2D eigenvalue weighted by Crippen LogP contribution is -1.90. The van der Waals surface area contributed by atoms with Crippen molar-refractivity contribution in [1.29, 1.82) is 0 Å². The molecule has 3 rings (SSSR count). The van der Waals surface area contributed by atoms with Crippen LogP contribution in [0.5, 0.6) is 17.2 Å². The lowest BCUT2D eigenvalue weighted by Gasteiger charge is -2.08. The largest absolute Gasteiger partial charge is 0.504 e. The number of aldehydes is 1. The van der Waals surface area contributed by atoms with E-state index in [0.717, 1.165) is 5.56 Å². The number of methoxy groups -OCH3 is 2. The van der Waals surface area contributed by atoms with E-state index in [1.54, 1.807) is 38.5 Å². The average Bonchev–Trinajstić information content (AvgIpc) is 2.98. The number of benzene rings is 2. The quantitative estimate of drug-likeness (QED) is 0.745. The monoisotopic (exact) mass is 298 g/mol. The first-order valence-corrected chi connectivity index (χ1v) is 6.60. The predicted molar refractivity (Wildman–Crippen MR) is 81.8 cm³/mol. The maximum atomic E-state index is 10.9. The van der Waals surface area contributed by atoms with Gasteiger partial charge in [0.1, 0.15) is 12.0 Å². The molecule has 22 heavy (non-hydrogen) atoms. The zero-order valence-corrected chi connectivity index (χ0v) is 12.1. The van der Waals surface area contributed by atoms with Crippen LogP contribution in [-0.4, -0.2) is 25.6 Å². The van der Waals surface area contributed by atoms with Crippen LogP contribution in [0.4, 0.5) is 0 Å². The summed E-state index contributed by atoms with van der Waals surface area (Å²) in [6, 6.07) is 10.2. The molecule has 0 unspecified atom stereocenters. The van der Waals surface area contributed by atoms with Crippen LogP contribution in [0.3, 0.4) is 0 Å². The van der Waals surface area contributed by atoms with Gasteiger partial charge in [-0.25, -0.2) is 0 Å². The highest BCUT2D eigenvalue weighted by Crippen LogP contribution is 2.37. The second kappa shape index (κ2) is 5.44. The maximum absolute atomic E-state index is 10.9. The summed E-state index contributed by atoms with van der Waals surface area (Å²) in [5, 5.41) is 10.6. The molecule has 0 aliphatic rings. The summed E-state index contributed by atoms with van der Waals surface area (Å²) in [6.45, 7) is 0. The number of carbonyl (C=O) groups is 1. The van der Waals surface area contributed by atoms with E-state index >= 15 is 0 Å². The van der Waals surface area contributed by atoms with E-state index in [2.05, 4.69) is 0 Å². The summed E-state index contributed by atoms with van der Waals surface area (Å²) in [5.74, 6) is 1.70. The number of carbonyl (C=O) groups excluding carboxylic acids is 1. The third kappa shape index (κ3) is 2.26. The van der Waals surface area contributed by atoms with Crippen LogP contribution in [0.1, 0.15) is 10.4 Å². The SMILES string of the molecule is COc1ccc(-c2cc3cc(C=O)cc(O)c3o2)cc1OC. The highest BCUT2D eigenvalue weighted by molar-refractivity contribution is 5.92. The second-order valence-electron chi connectivity index (χ2n) is 4.76. The number of aromatic hydroxyl groups is 1. The number of rotatable bonds is 4. The Morgan fingerprint density at radius 3 is 2.50 bits per heavy atom. The number of ether oxygens (including phenoxy) is 2. The van der Waals surface area contributed by atoms with Crippen molar-refractivity contribution in [3.05, 3.63) is 42.0 Å². The molecule has 0 spiro atoms. The van der Waals surface area contributed by atoms with Crippen LogP contribution >= 0.6 is 0 Å². The molecule has 0 aliphatic heterocycles. The molecule has 0 aliphatic carbocycles. The molecule has 0 saturated heterocycles. The molecule has 1 heterocycles. The summed E-state index contributed by atoms with van der Waals surface area (Å²) in [4.78, 5) is 10.9. The molecule has 0 amide bonds. The van der Waals surface area contributed by atoms with E-state index in [1.807, 2.05) is 6.07 Å². The summed E-state index contributed by atoms with van der Waals surface area (Å²) < 4.78 is 16.2. The minimum atomic E-state index is -0.0636. The predicted octanol–water partition coefficient (Wildman–Crippen LogP) is 3.64. The number of phenols is 1. The molecular formula is C17H14O5. The zero-order chi connectivity index (χ0) is 15.7. The topological polar surface area (TPSA) is 68.9 Å².